The lowest BCUT2D eigenvalue weighted by Crippen LogP contribution is -2.31. The first kappa shape index (κ1) is 16.3. The minimum Gasteiger partial charge on any atom is -0.393 e. The molecule has 0 heterocycles. The highest BCUT2D eigenvalue weighted by Gasteiger charge is 2.13. The van der Waals surface area contributed by atoms with E-state index in [4.69, 9.17) is 29.6 Å². The third-order valence-corrected chi connectivity index (χ3v) is 3.30. The van der Waals surface area contributed by atoms with Gasteiger partial charge in [-0.15, -0.1) is 0 Å². The fourth-order valence-electron chi connectivity index (χ4n) is 1.93. The summed E-state index contributed by atoms with van der Waals surface area (Å²) in [6.45, 7) is 6.30. The average Bonchev–Trinajstić information content (AvgIpc) is 2.30. The molecule has 0 aromatic heterocycles. The van der Waals surface area contributed by atoms with Crippen LogP contribution in [0.3, 0.4) is 0 Å². The van der Waals surface area contributed by atoms with Crippen LogP contribution in [0.2, 0.25) is 5.02 Å². The molecule has 0 aliphatic rings. The zero-order valence-corrected chi connectivity index (χ0v) is 12.9. The van der Waals surface area contributed by atoms with E-state index in [1.165, 1.54) is 6.07 Å². The van der Waals surface area contributed by atoms with Crippen LogP contribution in [0.1, 0.15) is 25.8 Å². The summed E-state index contributed by atoms with van der Waals surface area (Å²) in [6, 6.07) is 4.76. The van der Waals surface area contributed by atoms with Crippen LogP contribution in [0.4, 0.5) is 4.39 Å². The van der Waals surface area contributed by atoms with Gasteiger partial charge in [0, 0.05) is 36.6 Å². The number of benzene rings is 1. The molecular formula is C14H20ClFN2S. The van der Waals surface area contributed by atoms with E-state index in [9.17, 15) is 4.39 Å². The molecule has 0 bridgehead atoms. The second kappa shape index (κ2) is 7.78. The van der Waals surface area contributed by atoms with Gasteiger partial charge in [0.05, 0.1) is 4.99 Å². The Morgan fingerprint density at radius 1 is 1.47 bits per heavy atom. The third-order valence-electron chi connectivity index (χ3n) is 2.74. The molecule has 0 amide bonds. The van der Waals surface area contributed by atoms with Crippen molar-refractivity contribution in [3.05, 3.63) is 34.6 Å². The van der Waals surface area contributed by atoms with Gasteiger partial charge in [0.1, 0.15) is 5.82 Å². The largest absolute Gasteiger partial charge is 0.393 e. The van der Waals surface area contributed by atoms with Gasteiger partial charge < -0.3 is 5.73 Å². The minimum absolute atomic E-state index is 0.267. The number of hydrogen-bond acceptors (Lipinski definition) is 2. The van der Waals surface area contributed by atoms with E-state index in [1.54, 1.807) is 12.1 Å². The molecule has 0 saturated carbocycles. The fourth-order valence-corrected chi connectivity index (χ4v) is 2.24. The molecule has 1 rings (SSSR count). The van der Waals surface area contributed by atoms with E-state index < -0.39 is 0 Å². The van der Waals surface area contributed by atoms with E-state index in [0.717, 1.165) is 13.1 Å². The molecule has 1 aromatic rings. The fraction of sp³-hybridized carbons (Fsp3) is 0.500. The molecule has 0 fully saturated rings. The van der Waals surface area contributed by atoms with E-state index in [2.05, 4.69) is 18.7 Å². The SMILES string of the molecule is CC(C)CN(CCC(N)=S)Cc1c(F)cccc1Cl. The van der Waals surface area contributed by atoms with Crippen molar-refractivity contribution >= 4 is 28.8 Å². The molecule has 0 saturated heterocycles. The second-order valence-electron chi connectivity index (χ2n) is 5.05. The van der Waals surface area contributed by atoms with E-state index >= 15 is 0 Å². The normalized spacial score (nSPS) is 11.3. The highest BCUT2D eigenvalue weighted by molar-refractivity contribution is 7.80. The first-order chi connectivity index (χ1) is 8.90. The van der Waals surface area contributed by atoms with Gasteiger partial charge in [0.25, 0.3) is 0 Å². The van der Waals surface area contributed by atoms with Crippen molar-refractivity contribution < 1.29 is 4.39 Å². The monoisotopic (exact) mass is 302 g/mol. The van der Waals surface area contributed by atoms with Gasteiger partial charge in [-0.3, -0.25) is 4.90 Å². The molecule has 2 nitrogen and oxygen atoms in total. The van der Waals surface area contributed by atoms with Crippen molar-refractivity contribution in [3.8, 4) is 0 Å². The molecule has 0 unspecified atom stereocenters. The molecule has 1 aromatic carbocycles. The lowest BCUT2D eigenvalue weighted by Gasteiger charge is -2.24. The first-order valence-corrected chi connectivity index (χ1v) is 7.12. The van der Waals surface area contributed by atoms with E-state index in [-0.39, 0.29) is 5.82 Å². The van der Waals surface area contributed by atoms with Gasteiger partial charge in [-0.2, -0.15) is 0 Å². The van der Waals surface area contributed by atoms with Gasteiger partial charge >= 0.3 is 0 Å². The predicted octanol–water partition coefficient (Wildman–Crippen LogP) is 3.61. The lowest BCUT2D eigenvalue weighted by molar-refractivity contribution is 0.240. The Morgan fingerprint density at radius 3 is 2.68 bits per heavy atom. The van der Waals surface area contributed by atoms with Crippen molar-refractivity contribution in [1.82, 2.24) is 4.90 Å². The van der Waals surface area contributed by atoms with E-state index in [0.29, 0.717) is 34.5 Å². The Hall–Kier alpha value is -0.710. The maximum atomic E-state index is 13.8. The van der Waals surface area contributed by atoms with Gasteiger partial charge in [-0.05, 0) is 18.1 Å². The molecule has 106 valence electrons. The van der Waals surface area contributed by atoms with Crippen molar-refractivity contribution in [1.29, 1.82) is 0 Å². The highest BCUT2D eigenvalue weighted by atomic mass is 35.5. The van der Waals surface area contributed by atoms with Crippen LogP contribution in [-0.4, -0.2) is 23.0 Å². The summed E-state index contributed by atoms with van der Waals surface area (Å²) >= 11 is 11.0. The summed E-state index contributed by atoms with van der Waals surface area (Å²) in [5.41, 5.74) is 6.06. The smallest absolute Gasteiger partial charge is 0.129 e. The molecule has 0 atom stereocenters. The standard InChI is InChI=1S/C14H20ClFN2S/c1-10(2)8-18(7-6-14(17)19)9-11-12(15)4-3-5-13(11)16/h3-5,10H,6-9H2,1-2H3,(H2,17,19). The lowest BCUT2D eigenvalue weighted by atomic mass is 10.1. The zero-order valence-electron chi connectivity index (χ0n) is 11.3. The van der Waals surface area contributed by atoms with Crippen LogP contribution in [0.5, 0.6) is 0 Å². The summed E-state index contributed by atoms with van der Waals surface area (Å²) in [4.78, 5) is 2.61. The molecule has 2 N–H and O–H groups in total. The van der Waals surface area contributed by atoms with Gasteiger partial charge in [0.15, 0.2) is 0 Å². The summed E-state index contributed by atoms with van der Waals surface area (Å²) < 4.78 is 13.8. The van der Waals surface area contributed by atoms with Crippen LogP contribution in [0.15, 0.2) is 18.2 Å². The molecule has 0 aliphatic carbocycles. The van der Waals surface area contributed by atoms with Crippen LogP contribution in [-0.2, 0) is 6.54 Å². The van der Waals surface area contributed by atoms with Crippen molar-refractivity contribution in [2.24, 2.45) is 11.7 Å². The molecule has 0 spiro atoms. The van der Waals surface area contributed by atoms with Gasteiger partial charge in [-0.25, -0.2) is 4.39 Å². The second-order valence-corrected chi connectivity index (χ2v) is 5.98. The number of hydrogen-bond donors (Lipinski definition) is 1. The number of nitrogens with zero attached hydrogens (tertiary/aromatic N) is 1. The van der Waals surface area contributed by atoms with Gasteiger partial charge in [0.2, 0.25) is 0 Å². The molecule has 19 heavy (non-hydrogen) atoms. The van der Waals surface area contributed by atoms with Crippen LogP contribution in [0.25, 0.3) is 0 Å². The molecule has 0 radical (unpaired) electrons. The van der Waals surface area contributed by atoms with Crippen LogP contribution >= 0.6 is 23.8 Å². The van der Waals surface area contributed by atoms with Crippen LogP contribution < -0.4 is 5.73 Å². The number of halogens is 2. The maximum Gasteiger partial charge on any atom is 0.129 e. The number of thiocarbonyl (C=S) groups is 1. The average molecular weight is 303 g/mol. The number of rotatable bonds is 7. The maximum absolute atomic E-state index is 13.8. The Morgan fingerprint density at radius 2 is 2.16 bits per heavy atom. The molecule has 5 heteroatoms. The zero-order chi connectivity index (χ0) is 14.4. The summed E-state index contributed by atoms with van der Waals surface area (Å²) in [5, 5.41) is 0.462. The Labute approximate surface area is 124 Å². The van der Waals surface area contributed by atoms with Crippen molar-refractivity contribution in [2.45, 2.75) is 26.8 Å². The molecule has 0 aliphatic heterocycles. The van der Waals surface area contributed by atoms with Gasteiger partial charge in [-0.1, -0.05) is 43.7 Å². The Kier molecular flexibility index (Phi) is 6.69. The van der Waals surface area contributed by atoms with Crippen molar-refractivity contribution in [3.63, 3.8) is 0 Å². The third kappa shape index (κ3) is 5.85. The minimum atomic E-state index is -0.267. The van der Waals surface area contributed by atoms with Crippen LogP contribution in [0, 0.1) is 11.7 Å². The predicted molar refractivity (Wildman–Crippen MR) is 82.9 cm³/mol. The van der Waals surface area contributed by atoms with E-state index in [1.807, 2.05) is 0 Å². The Balaban J connectivity index is 2.78. The molecular weight excluding hydrogens is 283 g/mol. The number of nitrogens with two attached hydrogens (primary N) is 1. The Bertz CT molecular complexity index is 417. The highest BCUT2D eigenvalue weighted by Crippen LogP contribution is 2.21. The summed E-state index contributed by atoms with van der Waals surface area (Å²) in [6.07, 6.45) is 0.633. The summed E-state index contributed by atoms with van der Waals surface area (Å²) in [7, 11) is 0. The topological polar surface area (TPSA) is 29.3 Å². The summed E-state index contributed by atoms with van der Waals surface area (Å²) in [5.74, 6) is 0.216. The first-order valence-electron chi connectivity index (χ1n) is 6.33. The quantitative estimate of drug-likeness (QED) is 0.780. The van der Waals surface area contributed by atoms with Crippen molar-refractivity contribution in [2.75, 3.05) is 13.1 Å².